The van der Waals surface area contributed by atoms with Crippen LogP contribution in [-0.4, -0.2) is 33.7 Å². The van der Waals surface area contributed by atoms with Crippen molar-refractivity contribution in [3.63, 3.8) is 0 Å². The minimum Gasteiger partial charge on any atom is -0.480 e. The Labute approximate surface area is 111 Å². The number of aliphatic hydroxyl groups is 1. The summed E-state index contributed by atoms with van der Waals surface area (Å²) in [5.74, 6) is -1.25. The lowest BCUT2D eigenvalue weighted by Gasteiger charge is -2.36. The van der Waals surface area contributed by atoms with E-state index in [2.05, 4.69) is 0 Å². The molecule has 5 heteroatoms. The van der Waals surface area contributed by atoms with Crippen LogP contribution in [0.2, 0.25) is 0 Å². The van der Waals surface area contributed by atoms with Crippen LogP contribution in [-0.2, 0) is 17.9 Å². The summed E-state index contributed by atoms with van der Waals surface area (Å²) < 4.78 is 13.7. The average Bonchev–Trinajstić information content (AvgIpc) is 2.29. The molecule has 0 amide bonds. The summed E-state index contributed by atoms with van der Waals surface area (Å²) in [6.07, 6.45) is 3.03. The first kappa shape index (κ1) is 14.0. The third kappa shape index (κ3) is 3.52. The molecule has 104 valence electrons. The molecule has 1 fully saturated rings. The van der Waals surface area contributed by atoms with Gasteiger partial charge in [0.15, 0.2) is 0 Å². The molecule has 4 nitrogen and oxygen atoms in total. The van der Waals surface area contributed by atoms with E-state index >= 15 is 0 Å². The SMILES string of the molecule is O=C(O)CN(Cc1cc(CO)ccc1F)C1CCC1. The Balaban J connectivity index is 2.13. The highest BCUT2D eigenvalue weighted by atomic mass is 19.1. The minimum atomic E-state index is -0.898. The molecule has 1 aliphatic rings. The molecule has 1 aliphatic carbocycles. The Hall–Kier alpha value is -1.46. The molecule has 0 bridgehead atoms. The van der Waals surface area contributed by atoms with Crippen LogP contribution in [0.5, 0.6) is 0 Å². The summed E-state index contributed by atoms with van der Waals surface area (Å²) in [5, 5.41) is 18.0. The van der Waals surface area contributed by atoms with E-state index in [0.29, 0.717) is 11.1 Å². The normalized spacial score (nSPS) is 15.5. The summed E-state index contributed by atoms with van der Waals surface area (Å²) in [6, 6.07) is 4.68. The maximum atomic E-state index is 13.7. The van der Waals surface area contributed by atoms with Crippen LogP contribution in [0.1, 0.15) is 30.4 Å². The Morgan fingerprint density at radius 2 is 2.16 bits per heavy atom. The fourth-order valence-corrected chi connectivity index (χ4v) is 2.31. The Bertz CT molecular complexity index is 460. The second-order valence-corrected chi connectivity index (χ2v) is 4.97. The quantitative estimate of drug-likeness (QED) is 0.824. The molecule has 0 aliphatic heterocycles. The standard InChI is InChI=1S/C14H18FNO3/c15-13-5-4-10(9-17)6-11(13)7-16(8-14(18)19)12-2-1-3-12/h4-6,12,17H,1-3,7-9H2,(H,18,19). The van der Waals surface area contributed by atoms with Gasteiger partial charge in [-0.2, -0.15) is 0 Å². The maximum absolute atomic E-state index is 13.7. The summed E-state index contributed by atoms with van der Waals surface area (Å²) in [5.41, 5.74) is 1.08. The van der Waals surface area contributed by atoms with Crippen LogP contribution in [0, 0.1) is 5.82 Å². The number of rotatable bonds is 6. The molecular formula is C14H18FNO3. The predicted octanol–water partition coefficient (Wildman–Crippen LogP) is 1.76. The Morgan fingerprint density at radius 3 is 2.68 bits per heavy atom. The lowest BCUT2D eigenvalue weighted by Crippen LogP contribution is -2.42. The maximum Gasteiger partial charge on any atom is 0.317 e. The number of aliphatic hydroxyl groups excluding tert-OH is 1. The van der Waals surface area contributed by atoms with E-state index in [1.807, 2.05) is 0 Å². The number of nitrogens with zero attached hydrogens (tertiary/aromatic N) is 1. The number of hydrogen-bond donors (Lipinski definition) is 2. The van der Waals surface area contributed by atoms with Crippen molar-refractivity contribution in [1.29, 1.82) is 0 Å². The fourth-order valence-electron chi connectivity index (χ4n) is 2.31. The molecule has 1 saturated carbocycles. The van der Waals surface area contributed by atoms with E-state index in [4.69, 9.17) is 10.2 Å². The second-order valence-electron chi connectivity index (χ2n) is 4.97. The molecule has 2 rings (SSSR count). The van der Waals surface area contributed by atoms with E-state index in [1.54, 1.807) is 11.0 Å². The van der Waals surface area contributed by atoms with Crippen molar-refractivity contribution in [2.24, 2.45) is 0 Å². The van der Waals surface area contributed by atoms with Gasteiger partial charge < -0.3 is 10.2 Å². The molecule has 2 N–H and O–H groups in total. The summed E-state index contributed by atoms with van der Waals surface area (Å²) in [4.78, 5) is 12.7. The van der Waals surface area contributed by atoms with Crippen molar-refractivity contribution >= 4 is 5.97 Å². The number of carboxylic acid groups (broad SMARTS) is 1. The zero-order valence-corrected chi connectivity index (χ0v) is 10.7. The zero-order valence-electron chi connectivity index (χ0n) is 10.7. The van der Waals surface area contributed by atoms with Crippen LogP contribution in [0.3, 0.4) is 0 Å². The van der Waals surface area contributed by atoms with Gasteiger partial charge in [-0.3, -0.25) is 9.69 Å². The second kappa shape index (κ2) is 6.12. The predicted molar refractivity (Wildman–Crippen MR) is 68.0 cm³/mol. The van der Waals surface area contributed by atoms with Crippen molar-refractivity contribution in [2.75, 3.05) is 6.54 Å². The molecule has 1 aromatic rings. The van der Waals surface area contributed by atoms with Crippen LogP contribution >= 0.6 is 0 Å². The highest BCUT2D eigenvalue weighted by molar-refractivity contribution is 5.69. The number of halogens is 1. The molecule has 0 saturated heterocycles. The number of carboxylic acids is 1. The molecule has 0 spiro atoms. The van der Waals surface area contributed by atoms with Crippen LogP contribution in [0.4, 0.5) is 4.39 Å². The van der Waals surface area contributed by atoms with Gasteiger partial charge in [0.25, 0.3) is 0 Å². The van der Waals surface area contributed by atoms with E-state index in [-0.39, 0.29) is 31.6 Å². The molecule has 0 unspecified atom stereocenters. The largest absolute Gasteiger partial charge is 0.480 e. The Morgan fingerprint density at radius 1 is 1.42 bits per heavy atom. The summed E-state index contributed by atoms with van der Waals surface area (Å²) in [7, 11) is 0. The van der Waals surface area contributed by atoms with Gasteiger partial charge in [-0.1, -0.05) is 12.5 Å². The third-order valence-electron chi connectivity index (χ3n) is 3.60. The lowest BCUT2D eigenvalue weighted by atomic mass is 9.91. The van der Waals surface area contributed by atoms with Crippen LogP contribution < -0.4 is 0 Å². The van der Waals surface area contributed by atoms with Crippen molar-refractivity contribution in [2.45, 2.75) is 38.5 Å². The number of benzene rings is 1. The third-order valence-corrected chi connectivity index (χ3v) is 3.60. The first-order valence-electron chi connectivity index (χ1n) is 6.44. The van der Waals surface area contributed by atoms with Gasteiger partial charge in [-0.25, -0.2) is 4.39 Å². The van der Waals surface area contributed by atoms with Gasteiger partial charge >= 0.3 is 5.97 Å². The van der Waals surface area contributed by atoms with Crippen LogP contribution in [0.15, 0.2) is 18.2 Å². The molecule has 0 heterocycles. The van der Waals surface area contributed by atoms with Crippen molar-refractivity contribution in [1.82, 2.24) is 4.90 Å². The van der Waals surface area contributed by atoms with Crippen molar-refractivity contribution < 1.29 is 19.4 Å². The topological polar surface area (TPSA) is 60.8 Å². The van der Waals surface area contributed by atoms with Gasteiger partial charge in [0, 0.05) is 18.2 Å². The molecule has 0 radical (unpaired) electrons. The zero-order chi connectivity index (χ0) is 13.8. The number of aliphatic carboxylic acids is 1. The number of carbonyl (C=O) groups is 1. The van der Waals surface area contributed by atoms with Crippen molar-refractivity contribution in [3.8, 4) is 0 Å². The van der Waals surface area contributed by atoms with Gasteiger partial charge in [0.05, 0.1) is 13.2 Å². The fraction of sp³-hybridized carbons (Fsp3) is 0.500. The summed E-state index contributed by atoms with van der Waals surface area (Å²) in [6.45, 7) is 0.0553. The summed E-state index contributed by atoms with van der Waals surface area (Å²) >= 11 is 0. The molecular weight excluding hydrogens is 249 g/mol. The monoisotopic (exact) mass is 267 g/mol. The molecule has 0 aromatic heterocycles. The highest BCUT2D eigenvalue weighted by Gasteiger charge is 2.27. The molecule has 0 atom stereocenters. The lowest BCUT2D eigenvalue weighted by molar-refractivity contribution is -0.139. The first-order chi connectivity index (χ1) is 9.10. The van der Waals surface area contributed by atoms with E-state index < -0.39 is 5.97 Å². The van der Waals surface area contributed by atoms with Crippen molar-refractivity contribution in [3.05, 3.63) is 35.1 Å². The van der Waals surface area contributed by atoms with Gasteiger partial charge in [0.2, 0.25) is 0 Å². The van der Waals surface area contributed by atoms with Gasteiger partial charge in [-0.15, -0.1) is 0 Å². The van der Waals surface area contributed by atoms with E-state index in [1.165, 1.54) is 12.1 Å². The van der Waals surface area contributed by atoms with Gasteiger partial charge in [-0.05, 0) is 30.5 Å². The first-order valence-corrected chi connectivity index (χ1v) is 6.44. The highest BCUT2D eigenvalue weighted by Crippen LogP contribution is 2.26. The molecule has 1 aromatic carbocycles. The smallest absolute Gasteiger partial charge is 0.317 e. The Kier molecular flexibility index (Phi) is 4.50. The number of hydrogen-bond acceptors (Lipinski definition) is 3. The van der Waals surface area contributed by atoms with Crippen LogP contribution in [0.25, 0.3) is 0 Å². The molecule has 19 heavy (non-hydrogen) atoms. The van der Waals surface area contributed by atoms with E-state index in [0.717, 1.165) is 19.3 Å². The average molecular weight is 267 g/mol. The van der Waals surface area contributed by atoms with Gasteiger partial charge in [0.1, 0.15) is 5.82 Å². The minimum absolute atomic E-state index is 0.0759. The van der Waals surface area contributed by atoms with E-state index in [9.17, 15) is 9.18 Å².